The van der Waals surface area contributed by atoms with Gasteiger partial charge >= 0.3 is 0 Å². The molecule has 1 fully saturated rings. The fourth-order valence-corrected chi connectivity index (χ4v) is 3.10. The quantitative estimate of drug-likeness (QED) is 0.838. The van der Waals surface area contributed by atoms with Gasteiger partial charge in [-0.1, -0.05) is 44.2 Å². The maximum atomic E-state index is 13.0. The summed E-state index contributed by atoms with van der Waals surface area (Å²) < 4.78 is 0. The van der Waals surface area contributed by atoms with Gasteiger partial charge in [-0.15, -0.1) is 0 Å². The second kappa shape index (κ2) is 8.83. The number of piperidine rings is 1. The van der Waals surface area contributed by atoms with E-state index in [0.717, 1.165) is 18.4 Å². The molecule has 2 amide bonds. The van der Waals surface area contributed by atoms with Crippen LogP contribution in [0.25, 0.3) is 0 Å². The van der Waals surface area contributed by atoms with E-state index in [4.69, 9.17) is 5.73 Å². The number of benzene rings is 1. The maximum Gasteiger partial charge on any atom is 0.249 e. The van der Waals surface area contributed by atoms with Crippen LogP contribution in [0.15, 0.2) is 30.3 Å². The Morgan fingerprint density at radius 2 is 1.83 bits per heavy atom. The number of amides is 2. The van der Waals surface area contributed by atoms with Crippen LogP contribution in [0.5, 0.6) is 0 Å². The molecule has 1 saturated heterocycles. The Kier molecular flexibility index (Phi) is 6.79. The highest BCUT2D eigenvalue weighted by Gasteiger charge is 2.30. The summed E-state index contributed by atoms with van der Waals surface area (Å²) in [6, 6.07) is 8.88. The molecule has 1 aliphatic heterocycles. The number of nitrogens with one attached hydrogen (secondary N) is 1. The zero-order valence-electron chi connectivity index (χ0n) is 14.7. The van der Waals surface area contributed by atoms with Gasteiger partial charge in [0, 0.05) is 19.5 Å². The first-order valence-electron chi connectivity index (χ1n) is 8.84. The summed E-state index contributed by atoms with van der Waals surface area (Å²) in [5.41, 5.74) is 6.56. The molecule has 0 spiro atoms. The predicted molar refractivity (Wildman–Crippen MR) is 95.1 cm³/mol. The number of hydrogen-bond donors (Lipinski definition) is 2. The summed E-state index contributed by atoms with van der Waals surface area (Å²) in [5, 5.41) is 2.93. The first-order valence-corrected chi connectivity index (χ1v) is 8.84. The number of carbonyl (C=O) groups is 2. The standard InChI is InChI=1S/C19H29N3O2/c1-14(2)12-17(23)21-18(16-6-4-3-5-7-16)19(24)22-10-8-15(13-20)9-11-22/h3-7,14-15,18H,8-13,20H2,1-2H3,(H,21,23). The van der Waals surface area contributed by atoms with E-state index in [0.29, 0.717) is 32.0 Å². The van der Waals surface area contributed by atoms with Gasteiger partial charge in [0.2, 0.25) is 11.8 Å². The second-order valence-electron chi connectivity index (χ2n) is 7.01. The van der Waals surface area contributed by atoms with Crippen molar-refractivity contribution in [1.29, 1.82) is 0 Å². The molecular weight excluding hydrogens is 302 g/mol. The molecule has 0 aliphatic carbocycles. The van der Waals surface area contributed by atoms with Crippen LogP contribution in [0, 0.1) is 11.8 Å². The lowest BCUT2D eigenvalue weighted by atomic mass is 9.95. The summed E-state index contributed by atoms with van der Waals surface area (Å²) in [7, 11) is 0. The van der Waals surface area contributed by atoms with Crippen LogP contribution >= 0.6 is 0 Å². The average Bonchev–Trinajstić information content (AvgIpc) is 2.59. The number of hydrogen-bond acceptors (Lipinski definition) is 3. The van der Waals surface area contributed by atoms with Crippen molar-refractivity contribution < 1.29 is 9.59 Å². The highest BCUT2D eigenvalue weighted by Crippen LogP contribution is 2.22. The minimum absolute atomic E-state index is 0.0197. The van der Waals surface area contributed by atoms with Crippen molar-refractivity contribution >= 4 is 11.8 Å². The molecule has 0 saturated carbocycles. The SMILES string of the molecule is CC(C)CC(=O)NC(C(=O)N1CCC(CN)CC1)c1ccccc1. The third-order valence-electron chi connectivity index (χ3n) is 4.54. The molecule has 1 atom stereocenters. The Hall–Kier alpha value is -1.88. The van der Waals surface area contributed by atoms with Gasteiger partial charge in [0.25, 0.3) is 0 Å². The van der Waals surface area contributed by atoms with Crippen LogP contribution in [0.3, 0.4) is 0 Å². The lowest BCUT2D eigenvalue weighted by molar-refractivity contribution is -0.138. The smallest absolute Gasteiger partial charge is 0.249 e. The van der Waals surface area contributed by atoms with Gasteiger partial charge in [0.05, 0.1) is 0 Å². The Balaban J connectivity index is 2.10. The summed E-state index contributed by atoms with van der Waals surface area (Å²) in [6.07, 6.45) is 2.29. The molecule has 1 aromatic rings. The molecule has 132 valence electrons. The van der Waals surface area contributed by atoms with E-state index in [1.165, 1.54) is 0 Å². The lowest BCUT2D eigenvalue weighted by Crippen LogP contribution is -2.46. The van der Waals surface area contributed by atoms with Crippen LogP contribution in [-0.2, 0) is 9.59 Å². The van der Waals surface area contributed by atoms with E-state index >= 15 is 0 Å². The van der Waals surface area contributed by atoms with E-state index in [1.54, 1.807) is 0 Å². The molecule has 5 nitrogen and oxygen atoms in total. The van der Waals surface area contributed by atoms with Crippen molar-refractivity contribution in [2.75, 3.05) is 19.6 Å². The van der Waals surface area contributed by atoms with Gasteiger partial charge in [-0.3, -0.25) is 9.59 Å². The number of likely N-dealkylation sites (tertiary alicyclic amines) is 1. The molecule has 1 aromatic carbocycles. The summed E-state index contributed by atoms with van der Waals surface area (Å²) in [5.74, 6) is 0.661. The fraction of sp³-hybridized carbons (Fsp3) is 0.579. The Morgan fingerprint density at radius 1 is 1.21 bits per heavy atom. The summed E-state index contributed by atoms with van der Waals surface area (Å²) in [4.78, 5) is 27.1. The Labute approximate surface area is 144 Å². The molecule has 3 N–H and O–H groups in total. The maximum absolute atomic E-state index is 13.0. The molecule has 1 unspecified atom stereocenters. The molecule has 5 heteroatoms. The van der Waals surface area contributed by atoms with E-state index in [2.05, 4.69) is 5.32 Å². The Morgan fingerprint density at radius 3 is 2.38 bits per heavy atom. The number of carbonyl (C=O) groups excluding carboxylic acids is 2. The second-order valence-corrected chi connectivity index (χ2v) is 7.01. The average molecular weight is 331 g/mol. The summed E-state index contributed by atoms with van der Waals surface area (Å²) in [6.45, 7) is 6.09. The first-order chi connectivity index (χ1) is 11.5. The normalized spacial score (nSPS) is 16.9. The topological polar surface area (TPSA) is 75.4 Å². The van der Waals surface area contributed by atoms with Gasteiger partial charge in [-0.2, -0.15) is 0 Å². The molecule has 0 radical (unpaired) electrons. The minimum atomic E-state index is -0.605. The first kappa shape index (κ1) is 18.5. The number of nitrogens with zero attached hydrogens (tertiary/aromatic N) is 1. The van der Waals surface area contributed by atoms with Crippen LogP contribution in [0.2, 0.25) is 0 Å². The lowest BCUT2D eigenvalue weighted by Gasteiger charge is -2.34. The Bertz CT molecular complexity index is 537. The van der Waals surface area contributed by atoms with Crippen molar-refractivity contribution in [3.8, 4) is 0 Å². The summed E-state index contributed by atoms with van der Waals surface area (Å²) >= 11 is 0. The van der Waals surface area contributed by atoms with Gasteiger partial charge in [-0.25, -0.2) is 0 Å². The highest BCUT2D eigenvalue weighted by atomic mass is 16.2. The number of nitrogens with two attached hydrogens (primary N) is 1. The zero-order chi connectivity index (χ0) is 17.5. The molecule has 1 aliphatic rings. The van der Waals surface area contributed by atoms with Crippen LogP contribution < -0.4 is 11.1 Å². The van der Waals surface area contributed by atoms with Crippen LogP contribution in [0.1, 0.15) is 44.7 Å². The minimum Gasteiger partial charge on any atom is -0.341 e. The van der Waals surface area contributed by atoms with E-state index in [1.807, 2.05) is 49.1 Å². The van der Waals surface area contributed by atoms with Gasteiger partial charge in [0.15, 0.2) is 0 Å². The largest absolute Gasteiger partial charge is 0.341 e. The van der Waals surface area contributed by atoms with Crippen molar-refractivity contribution in [3.05, 3.63) is 35.9 Å². The van der Waals surface area contributed by atoms with E-state index in [9.17, 15) is 9.59 Å². The van der Waals surface area contributed by atoms with Crippen molar-refractivity contribution in [2.45, 2.75) is 39.2 Å². The molecule has 1 heterocycles. The van der Waals surface area contributed by atoms with Crippen molar-refractivity contribution in [1.82, 2.24) is 10.2 Å². The zero-order valence-corrected chi connectivity index (χ0v) is 14.7. The molecular formula is C19H29N3O2. The van der Waals surface area contributed by atoms with Gasteiger partial charge in [-0.05, 0) is 36.8 Å². The monoisotopic (exact) mass is 331 g/mol. The van der Waals surface area contributed by atoms with E-state index < -0.39 is 6.04 Å². The van der Waals surface area contributed by atoms with Crippen LogP contribution in [0.4, 0.5) is 0 Å². The van der Waals surface area contributed by atoms with Crippen molar-refractivity contribution in [3.63, 3.8) is 0 Å². The predicted octanol–water partition coefficient (Wildman–Crippen LogP) is 2.09. The number of rotatable bonds is 6. The van der Waals surface area contributed by atoms with E-state index in [-0.39, 0.29) is 17.7 Å². The van der Waals surface area contributed by atoms with Crippen LogP contribution in [-0.4, -0.2) is 36.3 Å². The molecule has 0 bridgehead atoms. The van der Waals surface area contributed by atoms with Crippen molar-refractivity contribution in [2.24, 2.45) is 17.6 Å². The third-order valence-corrected chi connectivity index (χ3v) is 4.54. The molecule has 24 heavy (non-hydrogen) atoms. The van der Waals surface area contributed by atoms with Gasteiger partial charge in [0.1, 0.15) is 6.04 Å². The van der Waals surface area contributed by atoms with Gasteiger partial charge < -0.3 is 16.0 Å². The molecule has 0 aromatic heterocycles. The third kappa shape index (κ3) is 5.06. The highest BCUT2D eigenvalue weighted by molar-refractivity contribution is 5.88. The fourth-order valence-electron chi connectivity index (χ4n) is 3.10. The molecule has 2 rings (SSSR count).